The Bertz CT molecular complexity index is 1490. The minimum absolute atomic E-state index is 0.0911. The van der Waals surface area contributed by atoms with Gasteiger partial charge in [0.2, 0.25) is 17.4 Å². The van der Waals surface area contributed by atoms with Gasteiger partial charge in [-0.3, -0.25) is 10.4 Å². The van der Waals surface area contributed by atoms with Crippen LogP contribution in [0.2, 0.25) is 0 Å². The Kier molecular flexibility index (Phi) is 9.37. The van der Waals surface area contributed by atoms with Crippen molar-refractivity contribution in [3.63, 3.8) is 0 Å². The Hall–Kier alpha value is -4.57. The monoisotopic (exact) mass is 589 g/mol. The first-order valence-corrected chi connectivity index (χ1v) is 12.6. The van der Waals surface area contributed by atoms with Crippen LogP contribution in [0.15, 0.2) is 47.5 Å². The van der Waals surface area contributed by atoms with Crippen molar-refractivity contribution in [1.29, 1.82) is 5.41 Å². The maximum absolute atomic E-state index is 15.6. The molecule has 2 aromatic carbocycles. The molecular formula is C27H29F2N5O8. The van der Waals surface area contributed by atoms with Crippen molar-refractivity contribution in [3.05, 3.63) is 65.2 Å². The third-order valence-electron chi connectivity index (χ3n) is 6.19. The van der Waals surface area contributed by atoms with Crippen LogP contribution in [-0.4, -0.2) is 98.8 Å². The number of nitrogens with one attached hydrogen (secondary N) is 1. The van der Waals surface area contributed by atoms with Crippen LogP contribution in [0, 0.1) is 17.0 Å². The first-order chi connectivity index (χ1) is 20.0. The van der Waals surface area contributed by atoms with E-state index in [0.29, 0.717) is 24.5 Å². The van der Waals surface area contributed by atoms with Crippen molar-refractivity contribution in [2.75, 3.05) is 33.4 Å². The van der Waals surface area contributed by atoms with E-state index in [-0.39, 0.29) is 22.9 Å². The van der Waals surface area contributed by atoms with Crippen LogP contribution in [0.5, 0.6) is 34.8 Å². The zero-order valence-electron chi connectivity index (χ0n) is 22.2. The predicted octanol–water partition coefficient (Wildman–Crippen LogP) is 1.08. The second-order valence-electron chi connectivity index (χ2n) is 9.25. The molecule has 3 atom stereocenters. The van der Waals surface area contributed by atoms with Gasteiger partial charge in [-0.05, 0) is 30.3 Å². The Morgan fingerprint density at radius 2 is 1.79 bits per heavy atom. The molecule has 3 aromatic rings. The summed E-state index contributed by atoms with van der Waals surface area (Å²) in [6.07, 6.45) is -5.52. The van der Waals surface area contributed by atoms with Gasteiger partial charge in [0.15, 0.2) is 11.5 Å². The predicted molar refractivity (Wildman–Crippen MR) is 145 cm³/mol. The Balaban J connectivity index is 1.72. The van der Waals surface area contributed by atoms with E-state index >= 15 is 8.78 Å². The number of rotatable bonds is 12. The first-order valence-electron chi connectivity index (χ1n) is 12.6. The molecule has 0 amide bonds. The first kappa shape index (κ1) is 30.4. The summed E-state index contributed by atoms with van der Waals surface area (Å²) >= 11 is 0. The van der Waals surface area contributed by atoms with E-state index in [1.165, 1.54) is 12.1 Å². The van der Waals surface area contributed by atoms with E-state index in [0.717, 1.165) is 12.1 Å². The number of phenols is 1. The number of aromatic hydroxyl groups is 1. The molecule has 1 aromatic heterocycles. The van der Waals surface area contributed by atoms with Gasteiger partial charge in [-0.2, -0.15) is 13.8 Å². The second kappa shape index (κ2) is 12.9. The molecule has 0 radical (unpaired) electrons. The largest absolute Gasteiger partial charge is 0.504 e. The van der Waals surface area contributed by atoms with E-state index in [1.54, 1.807) is 18.2 Å². The number of aliphatic hydroxyl groups is 4. The summed E-state index contributed by atoms with van der Waals surface area (Å²) in [4.78, 5) is 10.1. The zero-order chi connectivity index (χ0) is 30.6. The van der Waals surface area contributed by atoms with Crippen LogP contribution >= 0.6 is 0 Å². The van der Waals surface area contributed by atoms with Gasteiger partial charge < -0.3 is 50.4 Å². The van der Waals surface area contributed by atoms with Gasteiger partial charge in [0, 0.05) is 24.7 Å². The number of benzene rings is 2. The quantitative estimate of drug-likeness (QED) is 0.117. The van der Waals surface area contributed by atoms with Crippen LogP contribution in [0.3, 0.4) is 0 Å². The number of hydrogen-bond donors (Lipinski definition) is 7. The lowest BCUT2D eigenvalue weighted by Crippen LogP contribution is -2.42. The Morgan fingerprint density at radius 3 is 2.43 bits per heavy atom. The van der Waals surface area contributed by atoms with Gasteiger partial charge in [0.25, 0.3) is 11.8 Å². The summed E-state index contributed by atoms with van der Waals surface area (Å²) in [6, 6.07) is 10.0. The van der Waals surface area contributed by atoms with E-state index in [9.17, 15) is 20.4 Å². The number of aliphatic imine (C=N–C) groups is 1. The molecule has 2 heterocycles. The number of nitrogen functional groups attached to an aromatic ring is 1. The second-order valence-corrected chi connectivity index (χ2v) is 9.25. The number of nitrogens with zero attached hydrogens (tertiary/aromatic N) is 3. The standard InChI is InChI=1S/C27H29F2N5O8/c1-34-8-7-32-25(34)14-3-2-4-15(9-14)41-26-20(28)23(40-12-18(38)22(39)17(37)11-35)21(29)27(33-26)42-19-10-13(24(30)31)5-6-16(19)36/h2-6,9-10,17-18,22,35-39H,7-8,11-12H2,1H3,(H3,30,31). The highest BCUT2D eigenvalue weighted by atomic mass is 19.1. The molecule has 4 rings (SSSR count). The van der Waals surface area contributed by atoms with Crippen LogP contribution in [0.4, 0.5) is 8.78 Å². The molecule has 0 bridgehead atoms. The highest BCUT2D eigenvalue weighted by molar-refractivity contribution is 6.00. The fourth-order valence-electron chi connectivity index (χ4n) is 3.90. The summed E-state index contributed by atoms with van der Waals surface area (Å²) in [5.74, 6) is -6.28. The summed E-state index contributed by atoms with van der Waals surface area (Å²) in [6.45, 7) is -0.512. The molecule has 3 unspecified atom stereocenters. The molecule has 1 aliphatic heterocycles. The van der Waals surface area contributed by atoms with Crippen molar-refractivity contribution >= 4 is 11.7 Å². The molecule has 42 heavy (non-hydrogen) atoms. The molecule has 0 fully saturated rings. The number of aromatic nitrogens is 1. The molecule has 1 aliphatic rings. The number of pyridine rings is 1. The van der Waals surface area contributed by atoms with E-state index in [2.05, 4.69) is 9.98 Å². The highest BCUT2D eigenvalue weighted by Crippen LogP contribution is 2.39. The molecule has 0 saturated carbocycles. The van der Waals surface area contributed by atoms with Crippen molar-refractivity contribution < 1.29 is 48.5 Å². The van der Waals surface area contributed by atoms with Crippen LogP contribution in [0.25, 0.3) is 0 Å². The average molecular weight is 590 g/mol. The number of hydrogen-bond acceptors (Lipinski definition) is 12. The van der Waals surface area contributed by atoms with Crippen molar-refractivity contribution in [3.8, 4) is 34.8 Å². The minimum atomic E-state index is -1.90. The van der Waals surface area contributed by atoms with E-state index in [4.69, 9.17) is 30.5 Å². The number of phenolic OH excluding ortho intramolecular Hbond substituents is 1. The van der Waals surface area contributed by atoms with Crippen molar-refractivity contribution in [2.45, 2.75) is 18.3 Å². The zero-order valence-corrected chi connectivity index (χ0v) is 22.2. The third-order valence-corrected chi connectivity index (χ3v) is 6.19. The summed E-state index contributed by atoms with van der Waals surface area (Å²) in [7, 11) is 1.86. The highest BCUT2D eigenvalue weighted by Gasteiger charge is 2.29. The van der Waals surface area contributed by atoms with E-state index < -0.39 is 66.4 Å². The van der Waals surface area contributed by atoms with Crippen LogP contribution < -0.4 is 19.9 Å². The molecule has 8 N–H and O–H groups in total. The average Bonchev–Trinajstić information content (AvgIpc) is 3.41. The maximum atomic E-state index is 15.6. The number of halogens is 2. The lowest BCUT2D eigenvalue weighted by atomic mass is 10.1. The van der Waals surface area contributed by atoms with Gasteiger partial charge in [-0.15, -0.1) is 0 Å². The summed E-state index contributed by atoms with van der Waals surface area (Å²) in [5.41, 5.74) is 6.26. The van der Waals surface area contributed by atoms with Gasteiger partial charge in [-0.1, -0.05) is 12.1 Å². The molecule has 13 nitrogen and oxygen atoms in total. The Labute approximate surface area is 238 Å². The lowest BCUT2D eigenvalue weighted by Gasteiger charge is -2.22. The normalized spacial score (nSPS) is 15.1. The lowest BCUT2D eigenvalue weighted by molar-refractivity contribution is -0.0876. The summed E-state index contributed by atoms with van der Waals surface area (Å²) < 4.78 is 47.2. The van der Waals surface area contributed by atoms with Gasteiger partial charge in [0.05, 0.1) is 13.2 Å². The fourth-order valence-corrected chi connectivity index (χ4v) is 3.90. The molecular weight excluding hydrogens is 560 g/mol. The van der Waals surface area contributed by atoms with Crippen molar-refractivity contribution in [1.82, 2.24) is 9.88 Å². The number of amidine groups is 2. The molecule has 0 aliphatic carbocycles. The fraction of sp³-hybridized carbons (Fsp3) is 0.296. The van der Waals surface area contributed by atoms with Crippen LogP contribution in [0.1, 0.15) is 11.1 Å². The molecule has 0 saturated heterocycles. The van der Waals surface area contributed by atoms with Crippen molar-refractivity contribution in [2.24, 2.45) is 10.7 Å². The number of aliphatic hydroxyl groups excluding tert-OH is 4. The minimum Gasteiger partial charge on any atom is -0.504 e. The third kappa shape index (κ3) is 6.66. The Morgan fingerprint density at radius 1 is 1.07 bits per heavy atom. The van der Waals surface area contributed by atoms with Gasteiger partial charge >= 0.3 is 0 Å². The number of ether oxygens (including phenoxy) is 3. The van der Waals surface area contributed by atoms with Crippen LogP contribution in [-0.2, 0) is 0 Å². The number of likely N-dealkylation sites (N-methyl/N-ethyl adjacent to an activating group) is 1. The molecule has 224 valence electrons. The van der Waals surface area contributed by atoms with Gasteiger partial charge in [0.1, 0.15) is 42.3 Å². The summed E-state index contributed by atoms with van der Waals surface area (Å²) in [5, 5.41) is 56.3. The molecule has 15 heteroatoms. The maximum Gasteiger partial charge on any atom is 0.263 e. The van der Waals surface area contributed by atoms with Gasteiger partial charge in [-0.25, -0.2) is 0 Å². The molecule has 0 spiro atoms. The van der Waals surface area contributed by atoms with E-state index in [1.807, 2.05) is 11.9 Å². The SMILES string of the molecule is CN1CCN=C1c1cccc(Oc2nc(Oc3cc(C(=N)N)ccc3O)c(F)c(OCC(O)C(O)C(O)CO)c2F)c1. The smallest absolute Gasteiger partial charge is 0.263 e. The topological polar surface area (TPSA) is 207 Å². The number of nitrogens with two attached hydrogens (primary N) is 1.